The number of aryl methyl sites for hydroxylation is 2. The van der Waals surface area contributed by atoms with Crippen molar-refractivity contribution in [3.63, 3.8) is 0 Å². The molecule has 84 valence electrons. The second kappa shape index (κ2) is 4.54. The monoisotopic (exact) mass is 298 g/mol. The van der Waals surface area contributed by atoms with Crippen LogP contribution in [-0.4, -0.2) is 0 Å². The molecule has 2 aliphatic rings. The summed E-state index contributed by atoms with van der Waals surface area (Å²) in [5, 5.41) is 0. The van der Waals surface area contributed by atoms with Crippen molar-refractivity contribution in [2.75, 3.05) is 0 Å². The molecule has 0 bridgehead atoms. The summed E-state index contributed by atoms with van der Waals surface area (Å²) in [5.41, 5.74) is 6.04. The fourth-order valence-corrected chi connectivity index (χ4v) is 6.64. The molecule has 0 fully saturated rings. The van der Waals surface area contributed by atoms with Crippen LogP contribution in [0.15, 0.2) is 42.5 Å². The van der Waals surface area contributed by atoms with Crippen LogP contribution in [0.2, 0.25) is 3.63 Å². The summed E-state index contributed by atoms with van der Waals surface area (Å²) in [7, 11) is 0. The van der Waals surface area contributed by atoms with Crippen LogP contribution in [0.5, 0.6) is 0 Å². The summed E-state index contributed by atoms with van der Waals surface area (Å²) >= 11 is -0.445. The molecule has 0 aliphatic heterocycles. The van der Waals surface area contributed by atoms with E-state index in [-0.39, 0.29) is 0 Å². The minimum absolute atomic E-state index is 0.445. The van der Waals surface area contributed by atoms with Gasteiger partial charge in [0.2, 0.25) is 0 Å². The number of rotatable bonds is 2. The molecule has 0 saturated carbocycles. The van der Waals surface area contributed by atoms with Crippen molar-refractivity contribution in [3.05, 3.63) is 64.8 Å². The first kappa shape index (κ1) is 11.4. The summed E-state index contributed by atoms with van der Waals surface area (Å²) in [6.45, 7) is 4.49. The first-order chi connectivity index (χ1) is 8.25. The Balaban J connectivity index is 1.92. The molecule has 1 aromatic rings. The van der Waals surface area contributed by atoms with Crippen LogP contribution in [0.25, 0.3) is 6.08 Å². The van der Waals surface area contributed by atoms with Gasteiger partial charge in [-0.05, 0) is 0 Å². The van der Waals surface area contributed by atoms with Gasteiger partial charge in [-0.25, -0.2) is 0 Å². The van der Waals surface area contributed by atoms with Crippen LogP contribution in [0, 0.1) is 13.8 Å². The summed E-state index contributed by atoms with van der Waals surface area (Å²) in [6.07, 6.45) is 14.0. The van der Waals surface area contributed by atoms with E-state index in [1.54, 1.807) is 5.56 Å². The first-order valence-electron chi connectivity index (χ1n) is 6.15. The van der Waals surface area contributed by atoms with Gasteiger partial charge in [0.25, 0.3) is 0 Å². The molecule has 0 nitrogen and oxygen atoms in total. The topological polar surface area (TPSA) is 0 Å². The van der Waals surface area contributed by atoms with Crippen molar-refractivity contribution >= 4 is 6.08 Å². The van der Waals surface area contributed by atoms with Gasteiger partial charge in [-0.3, -0.25) is 0 Å². The Labute approximate surface area is 115 Å². The summed E-state index contributed by atoms with van der Waals surface area (Å²) in [4.78, 5) is 0. The molecule has 2 aliphatic carbocycles. The predicted molar refractivity (Wildman–Crippen MR) is 69.7 cm³/mol. The van der Waals surface area contributed by atoms with Crippen molar-refractivity contribution < 1.29 is 23.2 Å². The molecule has 17 heavy (non-hydrogen) atoms. The average Bonchev–Trinajstić information content (AvgIpc) is 2.94. The SMILES string of the molecule is Cc1ccc(C)c2c1C=C[CH]2[Zr][CH]1C=CC=C1. The van der Waals surface area contributed by atoms with Crippen molar-refractivity contribution in [1.29, 1.82) is 0 Å². The number of hydrogen-bond acceptors (Lipinski definition) is 0. The molecular weight excluding hydrogens is 283 g/mol. The van der Waals surface area contributed by atoms with Gasteiger partial charge in [-0.1, -0.05) is 0 Å². The third-order valence-corrected chi connectivity index (χ3v) is 7.57. The second-order valence-electron chi connectivity index (χ2n) is 4.83. The van der Waals surface area contributed by atoms with Gasteiger partial charge in [0.1, 0.15) is 0 Å². The Morgan fingerprint density at radius 3 is 2.41 bits per heavy atom. The van der Waals surface area contributed by atoms with Gasteiger partial charge in [0.15, 0.2) is 0 Å². The molecule has 1 aromatic carbocycles. The molecule has 0 N–H and O–H groups in total. The summed E-state index contributed by atoms with van der Waals surface area (Å²) in [5.74, 6) is 0. The minimum atomic E-state index is -0.445. The van der Waals surface area contributed by atoms with Crippen LogP contribution in [0.3, 0.4) is 0 Å². The molecule has 0 heterocycles. The van der Waals surface area contributed by atoms with Crippen molar-refractivity contribution in [2.45, 2.75) is 21.1 Å². The number of fused-ring (bicyclic) bond motifs is 1. The van der Waals surface area contributed by atoms with Gasteiger partial charge in [0, 0.05) is 0 Å². The van der Waals surface area contributed by atoms with Gasteiger partial charge in [-0.2, -0.15) is 0 Å². The van der Waals surface area contributed by atoms with Gasteiger partial charge >= 0.3 is 115 Å². The number of hydrogen-bond donors (Lipinski definition) is 0. The maximum absolute atomic E-state index is 2.46. The third kappa shape index (κ3) is 2.06. The fourth-order valence-electron chi connectivity index (χ4n) is 2.67. The average molecular weight is 300 g/mol. The predicted octanol–water partition coefficient (Wildman–Crippen LogP) is 4.37. The Bertz CT molecular complexity index is 523. The molecule has 0 radical (unpaired) electrons. The van der Waals surface area contributed by atoms with Crippen molar-refractivity contribution in [1.82, 2.24) is 0 Å². The van der Waals surface area contributed by atoms with Gasteiger partial charge in [-0.15, -0.1) is 0 Å². The van der Waals surface area contributed by atoms with Crippen LogP contribution in [-0.2, 0) is 23.2 Å². The van der Waals surface area contributed by atoms with E-state index < -0.39 is 23.2 Å². The number of benzene rings is 1. The van der Waals surface area contributed by atoms with E-state index >= 15 is 0 Å². The Hall–Kier alpha value is -0.677. The quantitative estimate of drug-likeness (QED) is 0.761. The summed E-state index contributed by atoms with van der Waals surface area (Å²) in [6, 6.07) is 4.54. The molecule has 1 heteroatoms. The molecule has 0 aromatic heterocycles. The van der Waals surface area contributed by atoms with Crippen LogP contribution >= 0.6 is 0 Å². The fraction of sp³-hybridized carbons (Fsp3) is 0.250. The molecule has 0 saturated heterocycles. The van der Waals surface area contributed by atoms with E-state index in [0.717, 1.165) is 7.25 Å². The zero-order chi connectivity index (χ0) is 11.8. The number of allylic oxidation sites excluding steroid dienone is 5. The van der Waals surface area contributed by atoms with Crippen LogP contribution < -0.4 is 0 Å². The van der Waals surface area contributed by atoms with E-state index in [1.807, 2.05) is 0 Å². The molecule has 1 unspecified atom stereocenters. The molecule has 3 rings (SSSR count). The van der Waals surface area contributed by atoms with Crippen molar-refractivity contribution in [2.24, 2.45) is 0 Å². The zero-order valence-corrected chi connectivity index (χ0v) is 12.7. The van der Waals surface area contributed by atoms with E-state index in [9.17, 15) is 0 Å². The van der Waals surface area contributed by atoms with Crippen LogP contribution in [0.1, 0.15) is 25.9 Å². The van der Waals surface area contributed by atoms with Gasteiger partial charge in [0.05, 0.1) is 0 Å². The Morgan fingerprint density at radius 2 is 1.65 bits per heavy atom. The van der Waals surface area contributed by atoms with Crippen molar-refractivity contribution in [3.8, 4) is 0 Å². The zero-order valence-electron chi connectivity index (χ0n) is 10.3. The van der Waals surface area contributed by atoms with Crippen LogP contribution in [0.4, 0.5) is 0 Å². The van der Waals surface area contributed by atoms with E-state index in [2.05, 4.69) is 62.4 Å². The maximum atomic E-state index is 2.46. The second-order valence-corrected chi connectivity index (χ2v) is 8.81. The van der Waals surface area contributed by atoms with E-state index in [1.165, 1.54) is 16.7 Å². The Kier molecular flexibility index (Phi) is 3.05. The molecular formula is C16H16Zr. The van der Waals surface area contributed by atoms with Gasteiger partial charge < -0.3 is 0 Å². The third-order valence-electron chi connectivity index (χ3n) is 3.61. The molecule has 1 atom stereocenters. The van der Waals surface area contributed by atoms with E-state index in [4.69, 9.17) is 0 Å². The first-order valence-corrected chi connectivity index (χ1v) is 8.99. The standard InChI is InChI=1S/C11H11.C5H5.Zr/c1-8-6-7-9(2)11-5-3-4-10(8)11;1-2-4-5-3-1;/h3-7H,1-2H3;1-5H;. The summed E-state index contributed by atoms with van der Waals surface area (Å²) < 4.78 is 1.56. The normalized spacial score (nSPS) is 21.2. The Morgan fingerprint density at radius 1 is 0.941 bits per heavy atom. The molecule has 0 spiro atoms. The molecule has 0 amide bonds. The van der Waals surface area contributed by atoms with E-state index in [0.29, 0.717) is 0 Å².